The molecule has 0 amide bonds. The smallest absolute Gasteiger partial charge is 0.317 e. The third-order valence-corrected chi connectivity index (χ3v) is 25.2. The van der Waals surface area contributed by atoms with Crippen molar-refractivity contribution in [1.82, 2.24) is 0 Å². The molecule has 10 fully saturated rings. The minimum atomic E-state index is -2.02. The minimum Gasteiger partial charge on any atom is -0.432 e. The number of rotatable bonds is 15. The van der Waals surface area contributed by atoms with Gasteiger partial charge in [0, 0.05) is 0 Å². The molecule has 6 heterocycles. The van der Waals surface area contributed by atoms with E-state index in [-0.39, 0.29) is 35.5 Å². The molecule has 96 heavy (non-hydrogen) atoms. The fourth-order valence-electron chi connectivity index (χ4n) is 19.2. The van der Waals surface area contributed by atoms with Crippen LogP contribution in [0.25, 0.3) is 0 Å². The van der Waals surface area contributed by atoms with E-state index in [0.717, 1.165) is 5.57 Å². The first-order valence-corrected chi connectivity index (χ1v) is 34.1. The summed E-state index contributed by atoms with van der Waals surface area (Å²) in [5.74, 6) is -1.52. The van der Waals surface area contributed by atoms with Crippen LogP contribution < -0.4 is 0 Å². The van der Waals surface area contributed by atoms with Crippen molar-refractivity contribution in [2.45, 2.75) is 310 Å². The number of carbonyl (C=O) groups is 1. The molecule has 6 saturated heterocycles. The lowest BCUT2D eigenvalue weighted by molar-refractivity contribution is -0.388. The zero-order valence-corrected chi connectivity index (χ0v) is 55.8. The van der Waals surface area contributed by atoms with Crippen LogP contribution in [-0.2, 0) is 61.6 Å². The van der Waals surface area contributed by atoms with E-state index in [1.54, 1.807) is 0 Å². The maximum Gasteiger partial charge on any atom is 0.317 e. The largest absolute Gasteiger partial charge is 0.432 e. The molecule has 5 aliphatic carbocycles. The highest BCUT2D eigenvalue weighted by molar-refractivity contribution is 5.80. The van der Waals surface area contributed by atoms with Gasteiger partial charge in [0.1, 0.15) is 127 Å². The predicted octanol–water partition coefficient (Wildman–Crippen LogP) is -4.72. The van der Waals surface area contributed by atoms with Gasteiger partial charge in [-0.05, 0) is 116 Å². The van der Waals surface area contributed by atoms with E-state index in [1.807, 2.05) is 0 Å². The van der Waals surface area contributed by atoms with Gasteiger partial charge < -0.3 is 149 Å². The number of aliphatic hydroxyl groups is 18. The molecular formula is C65H106O31. The average molecular weight is 1380 g/mol. The number of ether oxygens (including phenoxy) is 12. The van der Waals surface area contributed by atoms with Crippen molar-refractivity contribution in [3.8, 4) is 0 Å². The highest BCUT2D eigenvalue weighted by Crippen LogP contribution is 2.76. The summed E-state index contributed by atoms with van der Waals surface area (Å²) in [4.78, 5) is 15.7. The lowest BCUT2D eigenvalue weighted by atomic mass is 9.33. The van der Waals surface area contributed by atoms with Gasteiger partial charge in [-0.15, -0.1) is 0 Å². The molecule has 18 N–H and O–H groups in total. The zero-order valence-electron chi connectivity index (χ0n) is 55.8. The number of fused-ring (bicyclic) bond motifs is 7. The summed E-state index contributed by atoms with van der Waals surface area (Å²) in [7, 11) is 0. The maximum atomic E-state index is 15.7. The van der Waals surface area contributed by atoms with Crippen LogP contribution in [-0.4, -0.2) is 315 Å². The average Bonchev–Trinajstić information content (AvgIpc) is 0.671. The third kappa shape index (κ3) is 12.6. The monoisotopic (exact) mass is 1380 g/mol. The van der Waals surface area contributed by atoms with Crippen LogP contribution in [0.15, 0.2) is 11.6 Å². The Hall–Kier alpha value is -1.95. The van der Waals surface area contributed by atoms with Crippen LogP contribution in [0.3, 0.4) is 0 Å². The van der Waals surface area contributed by atoms with E-state index < -0.39 is 250 Å². The minimum absolute atomic E-state index is 0.00663. The summed E-state index contributed by atoms with van der Waals surface area (Å²) in [5, 5.41) is 198. The van der Waals surface area contributed by atoms with Crippen LogP contribution in [0.4, 0.5) is 0 Å². The van der Waals surface area contributed by atoms with E-state index in [9.17, 15) is 91.9 Å². The molecular weight excluding hydrogens is 1280 g/mol. The fraction of sp³-hybridized carbons (Fsp3) is 0.954. The van der Waals surface area contributed by atoms with Gasteiger partial charge in [-0.2, -0.15) is 0 Å². The molecule has 0 aromatic heterocycles. The van der Waals surface area contributed by atoms with E-state index >= 15 is 4.79 Å². The number of carbonyl (C=O) groups excluding carboxylic acids is 1. The van der Waals surface area contributed by atoms with Gasteiger partial charge in [0.25, 0.3) is 0 Å². The van der Waals surface area contributed by atoms with Crippen LogP contribution >= 0.6 is 0 Å². The van der Waals surface area contributed by atoms with E-state index in [1.165, 1.54) is 13.8 Å². The van der Waals surface area contributed by atoms with E-state index in [2.05, 4.69) is 54.5 Å². The molecule has 6 aliphatic heterocycles. The Morgan fingerprint density at radius 1 is 0.479 bits per heavy atom. The first-order valence-electron chi connectivity index (χ1n) is 34.1. The lowest BCUT2D eigenvalue weighted by Crippen LogP contribution is -2.69. The Morgan fingerprint density at radius 2 is 1.00 bits per heavy atom. The second kappa shape index (κ2) is 27.9. The van der Waals surface area contributed by atoms with Crippen LogP contribution in [0, 0.1) is 50.2 Å². The maximum absolute atomic E-state index is 15.7. The molecule has 38 atom stereocenters. The number of esters is 1. The van der Waals surface area contributed by atoms with Gasteiger partial charge in [-0.25, -0.2) is 0 Å². The Kier molecular flexibility index (Phi) is 21.9. The number of allylic oxidation sites excluding steroid dienone is 2. The molecule has 0 aromatic carbocycles. The summed E-state index contributed by atoms with van der Waals surface area (Å²) < 4.78 is 72.5. The molecule has 31 nitrogen and oxygen atoms in total. The van der Waals surface area contributed by atoms with Crippen LogP contribution in [0.2, 0.25) is 0 Å². The number of hydrogen-bond donors (Lipinski definition) is 18. The van der Waals surface area contributed by atoms with Crippen molar-refractivity contribution in [2.24, 2.45) is 50.2 Å². The van der Waals surface area contributed by atoms with Crippen molar-refractivity contribution >= 4 is 5.97 Å². The van der Waals surface area contributed by atoms with Crippen molar-refractivity contribution in [1.29, 1.82) is 0 Å². The molecule has 38 unspecified atom stereocenters. The van der Waals surface area contributed by atoms with E-state index in [4.69, 9.17) is 56.8 Å². The quantitative estimate of drug-likeness (QED) is 0.0416. The van der Waals surface area contributed by atoms with Gasteiger partial charge in [-0.3, -0.25) is 4.79 Å². The highest BCUT2D eigenvalue weighted by Gasteiger charge is 2.73. The van der Waals surface area contributed by atoms with Crippen molar-refractivity contribution < 1.29 is 154 Å². The lowest BCUT2D eigenvalue weighted by Gasteiger charge is -2.72. The molecule has 0 aromatic rings. The van der Waals surface area contributed by atoms with Crippen molar-refractivity contribution in [2.75, 3.05) is 26.4 Å². The van der Waals surface area contributed by atoms with E-state index in [0.29, 0.717) is 44.9 Å². The molecule has 0 bridgehead atoms. The summed E-state index contributed by atoms with van der Waals surface area (Å²) in [6.45, 7) is 15.2. The first kappa shape index (κ1) is 75.2. The summed E-state index contributed by atoms with van der Waals surface area (Å²) in [6, 6.07) is 0. The number of aliphatic hydroxyl groups excluding tert-OH is 18. The third-order valence-electron chi connectivity index (χ3n) is 25.2. The van der Waals surface area contributed by atoms with Crippen molar-refractivity contribution in [3.05, 3.63) is 11.6 Å². The van der Waals surface area contributed by atoms with Gasteiger partial charge in [0.2, 0.25) is 6.29 Å². The fourth-order valence-corrected chi connectivity index (χ4v) is 19.2. The second-order valence-corrected chi connectivity index (χ2v) is 31.5. The van der Waals surface area contributed by atoms with Crippen molar-refractivity contribution in [3.63, 3.8) is 0 Å². The Bertz CT molecular complexity index is 2710. The van der Waals surface area contributed by atoms with Gasteiger partial charge in [-0.1, -0.05) is 60.1 Å². The molecule has 31 heteroatoms. The summed E-state index contributed by atoms with van der Waals surface area (Å²) in [6.07, 6.45) is -43.8. The number of hydrogen-bond acceptors (Lipinski definition) is 31. The normalized spacial score (nSPS) is 54.9. The zero-order chi connectivity index (χ0) is 70.2. The van der Waals surface area contributed by atoms with Gasteiger partial charge >= 0.3 is 5.97 Å². The molecule has 11 aliphatic rings. The van der Waals surface area contributed by atoms with Crippen LogP contribution in [0.5, 0.6) is 0 Å². The standard InChI is InChI=1S/C65H106O31/c1-24-36(71)40(75)45(80)54(86-24)94-51-48(83)57(90-31(22-68)50(51)93-53-44(79)37(72)28(69)23-85-53)91-35-13-14-62(7)32(61(35,5)6)12-15-63(8)33(62)11-10-26-27-18-60(3,4)16-17-65(27,34(70)19-64(26,63)9)59(84)96-58-52(42(77)39(74)30(21-67)89-58)95-55-47(82)43(78)49(25(2)87-55)92-56-46(81)41(76)38(73)29(20-66)88-56/h10,24-25,27-58,66-83H,11-23H2,1-9H3. The Balaban J connectivity index is 0.823. The van der Waals surface area contributed by atoms with Crippen LogP contribution in [0.1, 0.15) is 120 Å². The second-order valence-electron chi connectivity index (χ2n) is 31.5. The first-order chi connectivity index (χ1) is 45.0. The molecule has 4 saturated carbocycles. The SMILES string of the molecule is CC1OC(OC2C(O)C(OC3CCC4(C)C(CCC5(C)C4CC=C4C6CC(C)(C)CCC6(C(=O)OC6OC(CO)C(O)C(O)C6OC6OC(C)C(OC7OC(CO)C(O)C(O)C7O)C(O)C6O)C(O)CC45C)C3(C)C)OC(CO)C2OC2OCC(O)C(O)C2O)C(O)C(O)C1O. The summed E-state index contributed by atoms with van der Waals surface area (Å²) in [5.41, 5.74) is -3.17. The summed E-state index contributed by atoms with van der Waals surface area (Å²) >= 11 is 0. The molecule has 0 spiro atoms. The highest BCUT2D eigenvalue weighted by atomic mass is 16.8. The van der Waals surface area contributed by atoms with Gasteiger partial charge in [0.15, 0.2) is 37.6 Å². The van der Waals surface area contributed by atoms with Gasteiger partial charge in [0.05, 0.1) is 50.8 Å². The predicted molar refractivity (Wildman–Crippen MR) is 321 cm³/mol. The molecule has 552 valence electrons. The Morgan fingerprint density at radius 3 is 1.65 bits per heavy atom. The molecule has 11 rings (SSSR count). The topological polar surface area (TPSA) is 492 Å². The molecule has 0 radical (unpaired) electrons. The Labute approximate surface area is 556 Å².